The van der Waals surface area contributed by atoms with E-state index in [1.54, 1.807) is 12.3 Å². The number of hydrogen-bond acceptors (Lipinski definition) is 6. The van der Waals surface area contributed by atoms with Gasteiger partial charge in [-0.2, -0.15) is 5.10 Å². The molecule has 2 saturated heterocycles. The molecule has 33 heavy (non-hydrogen) atoms. The van der Waals surface area contributed by atoms with Crippen LogP contribution < -0.4 is 25.7 Å². The summed E-state index contributed by atoms with van der Waals surface area (Å²) in [5, 5.41) is 4.14. The highest BCUT2D eigenvalue weighted by atomic mass is 32.1. The van der Waals surface area contributed by atoms with E-state index < -0.39 is 0 Å². The second-order valence-electron chi connectivity index (χ2n) is 8.50. The van der Waals surface area contributed by atoms with Gasteiger partial charge in [0.2, 0.25) is 0 Å². The van der Waals surface area contributed by atoms with E-state index in [-0.39, 0.29) is 17.0 Å². The van der Waals surface area contributed by atoms with E-state index in [9.17, 15) is 0 Å². The molecule has 176 valence electrons. The smallest absolute Gasteiger partial charge is 0.184 e. The molecule has 3 N–H and O–H groups in total. The number of likely N-dealkylation sites (N-methyl/N-ethyl adjacent to an activating group) is 1. The van der Waals surface area contributed by atoms with Crippen molar-refractivity contribution < 1.29 is 9.13 Å². The van der Waals surface area contributed by atoms with Crippen LogP contribution in [-0.2, 0) is 0 Å². The molecule has 0 spiro atoms. The second-order valence-corrected chi connectivity index (χ2v) is 8.94. The maximum Gasteiger partial charge on any atom is 0.184 e. The van der Waals surface area contributed by atoms with Crippen LogP contribution in [0.15, 0.2) is 47.6 Å². The Hall–Kier alpha value is -2.91. The maximum absolute atomic E-state index is 15.2. The molecule has 2 aromatic carbocycles. The molecule has 0 atom stereocenters. The van der Waals surface area contributed by atoms with E-state index >= 15 is 4.39 Å². The van der Waals surface area contributed by atoms with E-state index in [1.165, 1.54) is 0 Å². The van der Waals surface area contributed by atoms with Gasteiger partial charge in [0.15, 0.2) is 5.11 Å². The summed E-state index contributed by atoms with van der Waals surface area (Å²) in [6.07, 6.45) is 3.42. The van der Waals surface area contributed by atoms with E-state index in [0.29, 0.717) is 11.3 Å². The van der Waals surface area contributed by atoms with Crippen molar-refractivity contribution in [2.45, 2.75) is 18.9 Å². The molecule has 4 rings (SSSR count). The first kappa shape index (κ1) is 23.3. The molecule has 0 saturated carbocycles. The van der Waals surface area contributed by atoms with Crippen molar-refractivity contribution in [2.24, 2.45) is 10.8 Å². The standard InChI is InChI=1S/C24H31FN6OS/c1-29-11-13-31(14-12-29)22-16-23(21(25)15-18(22)17-27-28-24(26)33)30-9-7-20(8-10-30)32-19-5-3-2-4-6-19/h2-6,15-17,20H,7-14H2,1H3,(H3,26,28,33). The SMILES string of the molecule is CN1CCN(c2cc(N3CCC(Oc4ccccc4)CC3)c(F)cc2C=NNC(N)=S)CC1. The summed E-state index contributed by atoms with van der Waals surface area (Å²) in [4.78, 5) is 6.70. The molecule has 2 aliphatic heterocycles. The highest BCUT2D eigenvalue weighted by Crippen LogP contribution is 2.32. The topological polar surface area (TPSA) is 69.4 Å². The fraction of sp³-hybridized carbons (Fsp3) is 0.417. The first-order chi connectivity index (χ1) is 16.0. The number of ether oxygens (including phenoxy) is 1. The monoisotopic (exact) mass is 470 g/mol. The highest BCUT2D eigenvalue weighted by molar-refractivity contribution is 7.80. The Bertz CT molecular complexity index is 972. The largest absolute Gasteiger partial charge is 0.490 e. The minimum atomic E-state index is -0.257. The number of halogens is 1. The number of rotatable bonds is 6. The summed E-state index contributed by atoms with van der Waals surface area (Å²) >= 11 is 4.81. The lowest BCUT2D eigenvalue weighted by atomic mass is 10.0. The highest BCUT2D eigenvalue weighted by Gasteiger charge is 2.25. The molecular formula is C24H31FN6OS. The van der Waals surface area contributed by atoms with Crippen LogP contribution in [0.1, 0.15) is 18.4 Å². The maximum atomic E-state index is 15.2. The van der Waals surface area contributed by atoms with Crippen molar-refractivity contribution >= 4 is 34.9 Å². The van der Waals surface area contributed by atoms with Crippen molar-refractivity contribution in [3.05, 3.63) is 53.8 Å². The van der Waals surface area contributed by atoms with Gasteiger partial charge in [0.25, 0.3) is 0 Å². The van der Waals surface area contributed by atoms with Crippen molar-refractivity contribution in [3.63, 3.8) is 0 Å². The van der Waals surface area contributed by atoms with Crippen LogP contribution in [0.4, 0.5) is 15.8 Å². The Kier molecular flexibility index (Phi) is 7.61. The Morgan fingerprint density at radius 2 is 1.73 bits per heavy atom. The van der Waals surface area contributed by atoms with Crippen LogP contribution >= 0.6 is 12.2 Å². The normalized spacial score (nSPS) is 18.0. The molecule has 0 unspecified atom stereocenters. The Balaban J connectivity index is 1.51. The minimum Gasteiger partial charge on any atom is -0.490 e. The molecule has 0 radical (unpaired) electrons. The number of piperidine rings is 1. The lowest BCUT2D eigenvalue weighted by Gasteiger charge is -2.37. The zero-order chi connectivity index (χ0) is 23.2. The summed E-state index contributed by atoms with van der Waals surface area (Å²) in [7, 11) is 2.11. The molecular weight excluding hydrogens is 439 g/mol. The molecule has 2 aliphatic rings. The lowest BCUT2D eigenvalue weighted by Crippen LogP contribution is -2.45. The predicted molar refractivity (Wildman–Crippen MR) is 136 cm³/mol. The zero-order valence-electron chi connectivity index (χ0n) is 18.9. The number of thiocarbonyl (C=S) groups is 1. The molecule has 9 heteroatoms. The number of piperazine rings is 1. The molecule has 0 aromatic heterocycles. The molecule has 0 aliphatic carbocycles. The molecule has 2 aromatic rings. The minimum absolute atomic E-state index is 0.0741. The third-order valence-electron chi connectivity index (χ3n) is 6.15. The summed E-state index contributed by atoms with van der Waals surface area (Å²) in [5.41, 5.74) is 10.3. The van der Waals surface area contributed by atoms with Gasteiger partial charge < -0.3 is 25.2 Å². The number of hydrazone groups is 1. The molecule has 2 fully saturated rings. The second kappa shape index (κ2) is 10.8. The first-order valence-electron chi connectivity index (χ1n) is 11.3. The Labute approximate surface area is 200 Å². The molecule has 2 heterocycles. The quantitative estimate of drug-likeness (QED) is 0.382. The van der Waals surface area contributed by atoms with Crippen molar-refractivity contribution in [1.82, 2.24) is 10.3 Å². The van der Waals surface area contributed by atoms with Crippen LogP contribution in [0.5, 0.6) is 5.75 Å². The number of nitrogens with zero attached hydrogens (tertiary/aromatic N) is 4. The number of benzene rings is 2. The summed E-state index contributed by atoms with van der Waals surface area (Å²) in [6.45, 7) is 5.14. The van der Waals surface area contributed by atoms with Crippen molar-refractivity contribution in [1.29, 1.82) is 0 Å². The van der Waals surface area contributed by atoms with Gasteiger partial charge in [-0.3, -0.25) is 5.43 Å². The summed E-state index contributed by atoms with van der Waals surface area (Å²) in [6, 6.07) is 13.4. The summed E-state index contributed by atoms with van der Waals surface area (Å²) in [5.74, 6) is 0.626. The lowest BCUT2D eigenvalue weighted by molar-refractivity contribution is 0.170. The number of hydrogen-bond donors (Lipinski definition) is 2. The van der Waals surface area contributed by atoms with Crippen LogP contribution in [0, 0.1) is 5.82 Å². The number of nitrogens with two attached hydrogens (primary N) is 1. The van der Waals surface area contributed by atoms with Gasteiger partial charge in [-0.15, -0.1) is 0 Å². The van der Waals surface area contributed by atoms with E-state index in [2.05, 4.69) is 32.3 Å². The van der Waals surface area contributed by atoms with Gasteiger partial charge in [-0.25, -0.2) is 4.39 Å². The van der Waals surface area contributed by atoms with E-state index in [4.69, 9.17) is 22.7 Å². The molecule has 0 bridgehead atoms. The van der Waals surface area contributed by atoms with Gasteiger partial charge >= 0.3 is 0 Å². The average Bonchev–Trinajstić information content (AvgIpc) is 2.81. The van der Waals surface area contributed by atoms with Crippen molar-refractivity contribution in [2.75, 3.05) is 56.1 Å². The number of anilines is 2. The van der Waals surface area contributed by atoms with Crippen molar-refractivity contribution in [3.8, 4) is 5.75 Å². The van der Waals surface area contributed by atoms with Crippen LogP contribution in [0.2, 0.25) is 0 Å². The Morgan fingerprint density at radius 3 is 2.39 bits per heavy atom. The fourth-order valence-electron chi connectivity index (χ4n) is 4.30. The predicted octanol–water partition coefficient (Wildman–Crippen LogP) is 2.79. The van der Waals surface area contributed by atoms with E-state index in [0.717, 1.165) is 63.5 Å². The number of para-hydroxylation sites is 1. The molecule has 0 amide bonds. The third-order valence-corrected chi connectivity index (χ3v) is 6.24. The van der Waals surface area contributed by atoms with Gasteiger partial charge in [-0.1, -0.05) is 18.2 Å². The zero-order valence-corrected chi connectivity index (χ0v) is 19.7. The number of nitrogens with one attached hydrogen (secondary N) is 1. The fourth-order valence-corrected chi connectivity index (χ4v) is 4.36. The van der Waals surface area contributed by atoms with Crippen LogP contribution in [0.25, 0.3) is 0 Å². The Morgan fingerprint density at radius 1 is 1.06 bits per heavy atom. The average molecular weight is 471 g/mol. The van der Waals surface area contributed by atoms with Gasteiger partial charge in [0, 0.05) is 63.4 Å². The van der Waals surface area contributed by atoms with Gasteiger partial charge in [0.1, 0.15) is 17.7 Å². The first-order valence-corrected chi connectivity index (χ1v) is 11.7. The van der Waals surface area contributed by atoms with Crippen LogP contribution in [-0.4, -0.2) is 68.6 Å². The summed E-state index contributed by atoms with van der Waals surface area (Å²) < 4.78 is 21.3. The van der Waals surface area contributed by atoms with Gasteiger partial charge in [-0.05, 0) is 43.5 Å². The van der Waals surface area contributed by atoms with E-state index in [1.807, 2.05) is 36.4 Å². The third kappa shape index (κ3) is 6.11. The van der Waals surface area contributed by atoms with Gasteiger partial charge in [0.05, 0.1) is 11.9 Å². The molecule has 7 nitrogen and oxygen atoms in total. The van der Waals surface area contributed by atoms with Crippen LogP contribution in [0.3, 0.4) is 0 Å².